The van der Waals surface area contributed by atoms with Crippen molar-refractivity contribution in [1.29, 1.82) is 0 Å². The fourth-order valence-corrected chi connectivity index (χ4v) is 1.95. The van der Waals surface area contributed by atoms with Crippen molar-refractivity contribution in [3.63, 3.8) is 0 Å². The van der Waals surface area contributed by atoms with Crippen molar-refractivity contribution in [2.24, 2.45) is 0 Å². The van der Waals surface area contributed by atoms with E-state index in [1.807, 2.05) is 0 Å². The molecule has 0 aliphatic rings. The highest BCUT2D eigenvalue weighted by Gasteiger charge is 2.26. The van der Waals surface area contributed by atoms with E-state index in [0.717, 1.165) is 0 Å². The van der Waals surface area contributed by atoms with Crippen LogP contribution in [0.4, 0.5) is 5.69 Å². The maximum Gasteiger partial charge on any atom is 0.300 e. The molecule has 1 aromatic rings. The summed E-state index contributed by atoms with van der Waals surface area (Å²) in [5, 5.41) is 13.3. The number of nitro groups is 1. The molecule has 1 rings (SSSR count). The lowest BCUT2D eigenvalue weighted by molar-refractivity contribution is -0.385. The third-order valence-electron chi connectivity index (χ3n) is 2.98. The van der Waals surface area contributed by atoms with E-state index < -0.39 is 22.6 Å². The number of nitrogens with zero attached hydrogens (tertiary/aromatic N) is 2. The fraction of sp³-hybridized carbons (Fsp3) is 0.385. The standard InChI is InChI=1S/C13H16ClN3O4/c1-4-16(3)13(19)8(2)15-12(18)9-6-5-7-10(14)11(9)17(20)21/h5-8H,4H2,1-3H3,(H,15,18). The van der Waals surface area contributed by atoms with Gasteiger partial charge in [-0.1, -0.05) is 17.7 Å². The molecule has 0 aromatic heterocycles. The molecule has 7 nitrogen and oxygen atoms in total. The van der Waals surface area contributed by atoms with E-state index in [-0.39, 0.29) is 16.5 Å². The molecule has 0 aliphatic carbocycles. The van der Waals surface area contributed by atoms with E-state index in [0.29, 0.717) is 6.54 Å². The SMILES string of the molecule is CCN(C)C(=O)C(C)NC(=O)c1cccc(Cl)c1[N+](=O)[O-]. The van der Waals surface area contributed by atoms with Gasteiger partial charge in [0.05, 0.1) is 4.92 Å². The summed E-state index contributed by atoms with van der Waals surface area (Å²) in [5.41, 5.74) is -0.647. The van der Waals surface area contributed by atoms with Gasteiger partial charge in [-0.3, -0.25) is 19.7 Å². The van der Waals surface area contributed by atoms with E-state index in [4.69, 9.17) is 11.6 Å². The van der Waals surface area contributed by atoms with E-state index in [1.165, 1.54) is 30.0 Å². The van der Waals surface area contributed by atoms with Crippen molar-refractivity contribution in [2.45, 2.75) is 19.9 Å². The highest BCUT2D eigenvalue weighted by atomic mass is 35.5. The average molecular weight is 314 g/mol. The highest BCUT2D eigenvalue weighted by Crippen LogP contribution is 2.28. The fourth-order valence-electron chi connectivity index (χ4n) is 1.71. The second kappa shape index (κ2) is 7.03. The van der Waals surface area contributed by atoms with E-state index in [2.05, 4.69) is 5.32 Å². The summed E-state index contributed by atoms with van der Waals surface area (Å²) in [6.45, 7) is 3.81. The van der Waals surface area contributed by atoms with Crippen molar-refractivity contribution < 1.29 is 14.5 Å². The number of nitro benzene ring substituents is 1. The molecule has 0 spiro atoms. The summed E-state index contributed by atoms with van der Waals surface area (Å²) in [4.78, 5) is 35.7. The van der Waals surface area contributed by atoms with Crippen LogP contribution in [0.2, 0.25) is 5.02 Å². The smallest absolute Gasteiger partial charge is 0.300 e. The van der Waals surface area contributed by atoms with Gasteiger partial charge in [-0.15, -0.1) is 0 Å². The largest absolute Gasteiger partial charge is 0.344 e. The lowest BCUT2D eigenvalue weighted by Gasteiger charge is -2.20. The highest BCUT2D eigenvalue weighted by molar-refractivity contribution is 6.33. The Labute approximate surface area is 127 Å². The van der Waals surface area contributed by atoms with Gasteiger partial charge < -0.3 is 10.2 Å². The number of benzene rings is 1. The summed E-state index contributed by atoms with van der Waals surface area (Å²) < 4.78 is 0. The molecule has 8 heteroatoms. The molecule has 0 bridgehead atoms. The predicted octanol–water partition coefficient (Wildman–Crippen LogP) is 1.84. The molecule has 0 saturated heterocycles. The number of likely N-dealkylation sites (N-methyl/N-ethyl adjacent to an activating group) is 1. The second-order valence-corrected chi connectivity index (χ2v) is 4.85. The summed E-state index contributed by atoms with van der Waals surface area (Å²) in [6.07, 6.45) is 0. The zero-order valence-electron chi connectivity index (χ0n) is 11.9. The third-order valence-corrected chi connectivity index (χ3v) is 3.29. The Hall–Kier alpha value is -2.15. The van der Waals surface area contributed by atoms with Crippen LogP contribution in [-0.4, -0.2) is 41.3 Å². The Morgan fingerprint density at radius 1 is 1.48 bits per heavy atom. The average Bonchev–Trinajstić information content (AvgIpc) is 2.44. The van der Waals surface area contributed by atoms with Crippen LogP contribution >= 0.6 is 11.6 Å². The van der Waals surface area contributed by atoms with Crippen molar-refractivity contribution in [2.75, 3.05) is 13.6 Å². The molecule has 1 unspecified atom stereocenters. The van der Waals surface area contributed by atoms with Gasteiger partial charge in [0.25, 0.3) is 5.91 Å². The number of hydrogen-bond acceptors (Lipinski definition) is 4. The molecule has 21 heavy (non-hydrogen) atoms. The van der Waals surface area contributed by atoms with Crippen LogP contribution in [0.3, 0.4) is 0 Å². The molecular weight excluding hydrogens is 298 g/mol. The van der Waals surface area contributed by atoms with Crippen LogP contribution in [0.15, 0.2) is 18.2 Å². The molecule has 2 amide bonds. The Bertz CT molecular complexity index is 577. The van der Waals surface area contributed by atoms with E-state index in [9.17, 15) is 19.7 Å². The van der Waals surface area contributed by atoms with Crippen LogP contribution < -0.4 is 5.32 Å². The quantitative estimate of drug-likeness (QED) is 0.663. The molecule has 0 heterocycles. The number of amides is 2. The summed E-state index contributed by atoms with van der Waals surface area (Å²) >= 11 is 5.74. The molecule has 0 radical (unpaired) electrons. The number of carbonyl (C=O) groups is 2. The van der Waals surface area contributed by atoms with Gasteiger partial charge in [-0.2, -0.15) is 0 Å². The Balaban J connectivity index is 2.98. The molecule has 1 aromatic carbocycles. The summed E-state index contributed by atoms with van der Waals surface area (Å²) in [6, 6.07) is 3.27. The molecule has 114 valence electrons. The zero-order valence-corrected chi connectivity index (χ0v) is 12.7. The maximum absolute atomic E-state index is 12.1. The normalized spacial score (nSPS) is 11.6. The second-order valence-electron chi connectivity index (χ2n) is 4.44. The zero-order chi connectivity index (χ0) is 16.2. The van der Waals surface area contributed by atoms with Gasteiger partial charge in [0.1, 0.15) is 16.6 Å². The van der Waals surface area contributed by atoms with Gasteiger partial charge in [0.15, 0.2) is 0 Å². The number of rotatable bonds is 5. The molecule has 1 N–H and O–H groups in total. The molecule has 0 aliphatic heterocycles. The van der Waals surface area contributed by atoms with Crippen LogP contribution in [0.5, 0.6) is 0 Å². The summed E-state index contributed by atoms with van der Waals surface area (Å²) in [5.74, 6) is -0.995. The predicted molar refractivity (Wildman–Crippen MR) is 78.3 cm³/mol. The van der Waals surface area contributed by atoms with Crippen LogP contribution in [0.25, 0.3) is 0 Å². The van der Waals surface area contributed by atoms with Gasteiger partial charge in [-0.25, -0.2) is 0 Å². The van der Waals surface area contributed by atoms with Gasteiger partial charge in [-0.05, 0) is 26.0 Å². The van der Waals surface area contributed by atoms with E-state index in [1.54, 1.807) is 14.0 Å². The minimum Gasteiger partial charge on any atom is -0.344 e. The Morgan fingerprint density at radius 2 is 2.10 bits per heavy atom. The maximum atomic E-state index is 12.1. The molecule has 1 atom stereocenters. The molecule has 0 fully saturated rings. The van der Waals surface area contributed by atoms with Crippen LogP contribution in [0.1, 0.15) is 24.2 Å². The Kier molecular flexibility index (Phi) is 5.66. The lowest BCUT2D eigenvalue weighted by Crippen LogP contribution is -2.45. The minimum absolute atomic E-state index is 0.127. The minimum atomic E-state index is -0.791. The first-order valence-corrected chi connectivity index (χ1v) is 6.66. The van der Waals surface area contributed by atoms with E-state index >= 15 is 0 Å². The van der Waals surface area contributed by atoms with Gasteiger partial charge in [0, 0.05) is 13.6 Å². The molecule has 0 saturated carbocycles. The van der Waals surface area contributed by atoms with Crippen molar-refractivity contribution in [1.82, 2.24) is 10.2 Å². The third kappa shape index (κ3) is 3.91. The van der Waals surface area contributed by atoms with Crippen LogP contribution in [-0.2, 0) is 4.79 Å². The number of nitrogens with one attached hydrogen (secondary N) is 1. The number of para-hydroxylation sites is 1. The first-order chi connectivity index (χ1) is 9.79. The topological polar surface area (TPSA) is 92.6 Å². The van der Waals surface area contributed by atoms with Crippen LogP contribution in [0, 0.1) is 10.1 Å². The lowest BCUT2D eigenvalue weighted by atomic mass is 10.1. The summed E-state index contributed by atoms with van der Waals surface area (Å²) in [7, 11) is 1.60. The monoisotopic (exact) mass is 313 g/mol. The number of hydrogen-bond donors (Lipinski definition) is 1. The van der Waals surface area contributed by atoms with Crippen molar-refractivity contribution in [3.8, 4) is 0 Å². The first kappa shape index (κ1) is 16.9. The Morgan fingerprint density at radius 3 is 2.62 bits per heavy atom. The van der Waals surface area contributed by atoms with Crippen molar-refractivity contribution >= 4 is 29.1 Å². The number of halogens is 1. The van der Waals surface area contributed by atoms with Crippen molar-refractivity contribution in [3.05, 3.63) is 38.9 Å². The van der Waals surface area contributed by atoms with Gasteiger partial charge in [0.2, 0.25) is 5.91 Å². The number of carbonyl (C=O) groups excluding carboxylic acids is 2. The molecular formula is C13H16ClN3O4. The van der Waals surface area contributed by atoms with Gasteiger partial charge >= 0.3 is 5.69 Å². The first-order valence-electron chi connectivity index (χ1n) is 6.28.